The fraction of sp³-hybridized carbons (Fsp3) is 0.213. The van der Waals surface area contributed by atoms with Crippen LogP contribution < -0.4 is 4.90 Å². The highest BCUT2D eigenvalue weighted by Gasteiger charge is 2.52. The molecular formula is C61H55N. The topological polar surface area (TPSA) is 3.24 Å². The van der Waals surface area contributed by atoms with Crippen LogP contribution in [-0.4, -0.2) is 0 Å². The zero-order chi connectivity index (χ0) is 45.4. The summed E-state index contributed by atoms with van der Waals surface area (Å²) in [6.45, 7) is 16.5. The molecule has 8 aromatic rings. The van der Waals surface area contributed by atoms with Crippen molar-refractivity contribution in [2.75, 3.05) is 4.90 Å². The zero-order valence-corrected chi connectivity index (χ0v) is 37.1. The van der Waals surface area contributed by atoms with Gasteiger partial charge in [-0.25, -0.2) is 0 Å². The van der Waals surface area contributed by atoms with Gasteiger partial charge in [-0.2, -0.15) is 0 Å². The van der Waals surface area contributed by atoms with Gasteiger partial charge in [0.2, 0.25) is 0 Å². The fourth-order valence-electron chi connectivity index (χ4n) is 11.0. The molecule has 0 fully saturated rings. The van der Waals surface area contributed by atoms with Crippen LogP contribution in [0.5, 0.6) is 0 Å². The van der Waals surface area contributed by atoms with Crippen molar-refractivity contribution >= 4 is 17.1 Å². The van der Waals surface area contributed by atoms with Crippen LogP contribution in [0, 0.1) is 6.85 Å². The maximum Gasteiger partial charge on any atom is 0.0726 e. The first-order chi connectivity index (χ1) is 30.9. The van der Waals surface area contributed by atoms with E-state index in [1.165, 1.54) is 77.9 Å². The predicted molar refractivity (Wildman–Crippen MR) is 263 cm³/mol. The molecule has 0 saturated heterocycles. The van der Waals surface area contributed by atoms with E-state index in [0.29, 0.717) is 5.56 Å². The summed E-state index contributed by atoms with van der Waals surface area (Å²) in [5.41, 5.74) is 23.3. The summed E-state index contributed by atoms with van der Waals surface area (Å²) >= 11 is 0. The lowest BCUT2D eigenvalue weighted by atomic mass is 9.68. The fourth-order valence-corrected chi connectivity index (χ4v) is 11.0. The molecule has 304 valence electrons. The Morgan fingerprint density at radius 2 is 0.823 bits per heavy atom. The molecular weight excluding hydrogens is 747 g/mol. The second kappa shape index (κ2) is 13.3. The molecule has 62 heavy (non-hydrogen) atoms. The predicted octanol–water partition coefficient (Wildman–Crippen LogP) is 16.4. The van der Waals surface area contributed by atoms with Crippen LogP contribution in [0.25, 0.3) is 44.5 Å². The zero-order valence-electron chi connectivity index (χ0n) is 40.1. The van der Waals surface area contributed by atoms with Crippen molar-refractivity contribution in [3.63, 3.8) is 0 Å². The number of hydrogen-bond acceptors (Lipinski definition) is 1. The summed E-state index contributed by atoms with van der Waals surface area (Å²) in [5.74, 6) is 0. The van der Waals surface area contributed by atoms with Gasteiger partial charge in [-0.1, -0.05) is 194 Å². The van der Waals surface area contributed by atoms with E-state index >= 15 is 0 Å². The van der Waals surface area contributed by atoms with Gasteiger partial charge >= 0.3 is 0 Å². The molecule has 0 saturated carbocycles. The van der Waals surface area contributed by atoms with Crippen molar-refractivity contribution in [3.05, 3.63) is 220 Å². The first kappa shape index (κ1) is 35.2. The van der Waals surface area contributed by atoms with Crippen LogP contribution in [0.2, 0.25) is 0 Å². The molecule has 1 nitrogen and oxygen atoms in total. The Labute approximate surface area is 373 Å². The molecule has 0 bridgehead atoms. The minimum Gasteiger partial charge on any atom is -0.310 e. The molecule has 0 radical (unpaired) electrons. The molecule has 0 heterocycles. The van der Waals surface area contributed by atoms with Crippen LogP contribution in [0.1, 0.15) is 110 Å². The first-order valence-corrected chi connectivity index (χ1v) is 22.2. The van der Waals surface area contributed by atoms with E-state index in [1.807, 2.05) is 12.1 Å². The van der Waals surface area contributed by atoms with Gasteiger partial charge in [0.25, 0.3) is 0 Å². The van der Waals surface area contributed by atoms with E-state index in [1.54, 1.807) is 12.1 Å². The molecule has 0 aromatic heterocycles. The number of benzene rings is 8. The Hall–Kier alpha value is -6.44. The van der Waals surface area contributed by atoms with Crippen molar-refractivity contribution in [1.82, 2.24) is 0 Å². The Balaban J connectivity index is 1.16. The minimum absolute atomic E-state index is 0.0361. The van der Waals surface area contributed by atoms with Gasteiger partial charge in [-0.15, -0.1) is 0 Å². The lowest BCUT2D eigenvalue weighted by Gasteiger charge is -2.34. The molecule has 8 aromatic carbocycles. The van der Waals surface area contributed by atoms with E-state index in [4.69, 9.17) is 4.11 Å². The smallest absolute Gasteiger partial charge is 0.0726 e. The second-order valence-corrected chi connectivity index (χ2v) is 20.4. The molecule has 0 unspecified atom stereocenters. The van der Waals surface area contributed by atoms with Crippen molar-refractivity contribution in [2.45, 2.75) is 83.9 Å². The van der Waals surface area contributed by atoms with Crippen LogP contribution in [-0.2, 0) is 21.7 Å². The van der Waals surface area contributed by atoms with Crippen molar-refractivity contribution in [1.29, 1.82) is 0 Å². The maximum atomic E-state index is 7.90. The van der Waals surface area contributed by atoms with Gasteiger partial charge in [0.15, 0.2) is 0 Å². The number of anilines is 3. The summed E-state index contributed by atoms with van der Waals surface area (Å²) in [4.78, 5) is 2.43. The van der Waals surface area contributed by atoms with Crippen LogP contribution in [0.15, 0.2) is 170 Å². The summed E-state index contributed by atoms with van der Waals surface area (Å²) in [5, 5.41) is 0. The van der Waals surface area contributed by atoms with Gasteiger partial charge in [0.05, 0.1) is 5.41 Å². The highest BCUT2D eigenvalue weighted by atomic mass is 15.1. The molecule has 0 N–H and O–H groups in total. The highest BCUT2D eigenvalue weighted by molar-refractivity contribution is 5.97. The van der Waals surface area contributed by atoms with E-state index in [2.05, 4.69) is 206 Å². The summed E-state index contributed by atoms with van der Waals surface area (Å²) in [6, 6.07) is 62.7. The van der Waals surface area contributed by atoms with Gasteiger partial charge < -0.3 is 4.90 Å². The Morgan fingerprint density at radius 1 is 0.387 bits per heavy atom. The number of hydrogen-bond donors (Lipinski definition) is 0. The monoisotopic (exact) mass is 804 g/mol. The van der Waals surface area contributed by atoms with Gasteiger partial charge in [0.1, 0.15) is 0 Å². The summed E-state index contributed by atoms with van der Waals surface area (Å²) in [7, 11) is 0. The van der Waals surface area contributed by atoms with Gasteiger partial charge in [-0.05, 0) is 143 Å². The molecule has 11 rings (SSSR count). The number of rotatable bonds is 4. The van der Waals surface area contributed by atoms with Crippen molar-refractivity contribution in [2.24, 2.45) is 0 Å². The average molecular weight is 805 g/mol. The van der Waals surface area contributed by atoms with Crippen molar-refractivity contribution in [3.8, 4) is 44.5 Å². The lowest BCUT2D eigenvalue weighted by molar-refractivity contribution is 0.586. The molecule has 0 atom stereocenters. The molecule has 1 spiro atoms. The summed E-state index contributed by atoms with van der Waals surface area (Å²) in [6.07, 6.45) is 0. The Bertz CT molecular complexity index is 3160. The van der Waals surface area contributed by atoms with E-state index in [-0.39, 0.29) is 16.2 Å². The standard InChI is InChI=1S/C61H55N/c1-38-18-20-39(21-19-38)40-22-26-43(27-23-40)62(44-29-33-53-51(36-44)47-15-10-12-16-52(47)60(53,8)9)45-28-32-50-46-14-11-13-17-54(46)61(57(50)37-45)55-34-41(58(2,3)4)24-30-48(55)49-31-25-42(35-56(49)61)59(5,6)7/h10-37H,1-9H3/i1D3. The summed E-state index contributed by atoms with van der Waals surface area (Å²) < 4.78 is 23.7. The van der Waals surface area contributed by atoms with Gasteiger partial charge in [-0.3, -0.25) is 0 Å². The third-order valence-corrected chi connectivity index (χ3v) is 14.3. The molecule has 0 aliphatic heterocycles. The largest absolute Gasteiger partial charge is 0.310 e. The average Bonchev–Trinajstić information content (AvgIpc) is 3.83. The molecule has 3 aliphatic carbocycles. The number of aryl methyl sites for hydroxylation is 1. The Morgan fingerprint density at radius 3 is 1.40 bits per heavy atom. The Kier molecular flexibility index (Phi) is 7.54. The van der Waals surface area contributed by atoms with Crippen molar-refractivity contribution < 1.29 is 4.11 Å². The van der Waals surface area contributed by atoms with Crippen LogP contribution in [0.3, 0.4) is 0 Å². The van der Waals surface area contributed by atoms with Crippen LogP contribution >= 0.6 is 0 Å². The minimum atomic E-state index is -2.14. The number of fused-ring (bicyclic) bond motifs is 13. The van der Waals surface area contributed by atoms with Gasteiger partial charge in [0, 0.05) is 26.6 Å². The third kappa shape index (κ3) is 5.53. The molecule has 3 aliphatic rings. The SMILES string of the molecule is [2H]C([2H])([2H])c1ccc(-c2ccc(N(c3ccc4c(c3)-c3ccccc3C4(C)C)c3ccc4c(c3)C3(c5ccccc5-4)c4cc(C(C)(C)C)ccc4-c4ccc(C(C)(C)C)cc43)cc2)cc1. The lowest BCUT2D eigenvalue weighted by Crippen LogP contribution is -2.27. The van der Waals surface area contributed by atoms with E-state index in [9.17, 15) is 0 Å². The van der Waals surface area contributed by atoms with E-state index in [0.717, 1.165) is 28.2 Å². The second-order valence-electron chi connectivity index (χ2n) is 20.4. The number of nitrogens with zero attached hydrogens (tertiary/aromatic N) is 1. The molecule has 0 amide bonds. The first-order valence-electron chi connectivity index (χ1n) is 23.7. The van der Waals surface area contributed by atoms with E-state index < -0.39 is 12.3 Å². The van der Waals surface area contributed by atoms with Crippen LogP contribution in [0.4, 0.5) is 17.1 Å². The quantitative estimate of drug-likeness (QED) is 0.171. The highest BCUT2D eigenvalue weighted by Crippen LogP contribution is 2.64. The third-order valence-electron chi connectivity index (χ3n) is 14.3. The maximum absolute atomic E-state index is 7.90. The normalized spacial score (nSPS) is 15.7. The molecule has 1 heteroatoms.